The molecule has 2 aromatic heterocycles. The third kappa shape index (κ3) is 3.77. The lowest BCUT2D eigenvalue weighted by molar-refractivity contribution is -0.385. The summed E-state index contributed by atoms with van der Waals surface area (Å²) in [5.74, 6) is -1.32. The van der Waals surface area contributed by atoms with E-state index in [0.29, 0.717) is 5.56 Å². The first-order valence-corrected chi connectivity index (χ1v) is 7.96. The molecule has 0 unspecified atom stereocenters. The summed E-state index contributed by atoms with van der Waals surface area (Å²) in [5.41, 5.74) is 0.136. The highest BCUT2D eigenvalue weighted by Crippen LogP contribution is 2.23. The van der Waals surface area contributed by atoms with Crippen LogP contribution in [-0.4, -0.2) is 35.4 Å². The van der Waals surface area contributed by atoms with Crippen molar-refractivity contribution < 1.29 is 14.1 Å². The average Bonchev–Trinajstić information content (AvgIpc) is 3.15. The molecule has 0 atom stereocenters. The number of hydrogen-bond donors (Lipinski definition) is 1. The molecule has 3 rings (SSSR count). The van der Waals surface area contributed by atoms with E-state index >= 15 is 0 Å². The van der Waals surface area contributed by atoms with Crippen LogP contribution in [0.4, 0.5) is 16.0 Å². The molecule has 27 heavy (non-hydrogen) atoms. The maximum Gasteiger partial charge on any atom is 0.322 e. The minimum absolute atomic E-state index is 0.0594. The van der Waals surface area contributed by atoms with Gasteiger partial charge in [0.25, 0.3) is 5.91 Å². The van der Waals surface area contributed by atoms with E-state index in [-0.39, 0.29) is 34.6 Å². The first-order valence-electron chi connectivity index (χ1n) is 7.59. The van der Waals surface area contributed by atoms with Gasteiger partial charge in [-0.1, -0.05) is 17.7 Å². The van der Waals surface area contributed by atoms with Crippen LogP contribution in [0.1, 0.15) is 21.7 Å². The molecule has 0 bridgehead atoms. The minimum Gasteiger partial charge on any atom is -0.287 e. The van der Waals surface area contributed by atoms with Crippen molar-refractivity contribution in [1.82, 2.24) is 24.5 Å². The number of aryl methyl sites for hydroxylation is 1. The topological polar surface area (TPSA) is 121 Å². The Balaban J connectivity index is 1.77. The summed E-state index contributed by atoms with van der Waals surface area (Å²) in [6.07, 6.45) is 1.34. The number of hydrogen-bond acceptors (Lipinski definition) is 6. The Morgan fingerprint density at radius 1 is 1.41 bits per heavy atom. The van der Waals surface area contributed by atoms with E-state index in [1.54, 1.807) is 0 Å². The molecule has 0 aliphatic rings. The highest BCUT2D eigenvalue weighted by atomic mass is 35.5. The average molecular weight is 394 g/mol. The molecule has 1 aromatic carbocycles. The van der Waals surface area contributed by atoms with Gasteiger partial charge in [-0.05, 0) is 24.6 Å². The number of nitro groups is 1. The number of halogens is 2. The van der Waals surface area contributed by atoms with Crippen molar-refractivity contribution in [3.05, 3.63) is 62.4 Å². The highest BCUT2D eigenvalue weighted by molar-refractivity contribution is 6.31. The van der Waals surface area contributed by atoms with Crippen molar-refractivity contribution in [3.63, 3.8) is 0 Å². The molecule has 0 radical (unpaired) electrons. The Morgan fingerprint density at radius 2 is 2.15 bits per heavy atom. The van der Waals surface area contributed by atoms with Crippen LogP contribution < -0.4 is 5.32 Å². The third-order valence-electron chi connectivity index (χ3n) is 3.81. The Kier molecular flexibility index (Phi) is 4.86. The van der Waals surface area contributed by atoms with E-state index in [9.17, 15) is 19.3 Å². The molecule has 0 aliphatic heterocycles. The summed E-state index contributed by atoms with van der Waals surface area (Å²) in [5, 5.41) is 21.7. The quantitative estimate of drug-likeness (QED) is 0.524. The molecule has 0 spiro atoms. The van der Waals surface area contributed by atoms with Crippen LogP contribution in [0.3, 0.4) is 0 Å². The third-order valence-corrected chi connectivity index (χ3v) is 4.16. The van der Waals surface area contributed by atoms with Gasteiger partial charge in [0.05, 0.1) is 11.5 Å². The predicted octanol–water partition coefficient (Wildman–Crippen LogP) is 2.32. The van der Waals surface area contributed by atoms with Gasteiger partial charge in [-0.25, -0.2) is 14.1 Å². The van der Waals surface area contributed by atoms with E-state index < -0.39 is 16.6 Å². The largest absolute Gasteiger partial charge is 0.322 e. The number of benzene rings is 1. The summed E-state index contributed by atoms with van der Waals surface area (Å²) in [4.78, 5) is 26.8. The van der Waals surface area contributed by atoms with Crippen molar-refractivity contribution in [2.24, 2.45) is 7.05 Å². The highest BCUT2D eigenvalue weighted by Gasteiger charge is 2.29. The van der Waals surface area contributed by atoms with Gasteiger partial charge >= 0.3 is 5.69 Å². The lowest BCUT2D eigenvalue weighted by Crippen LogP contribution is -2.16. The fourth-order valence-electron chi connectivity index (χ4n) is 2.38. The number of anilines is 1. The summed E-state index contributed by atoms with van der Waals surface area (Å²) in [7, 11) is 1.50. The van der Waals surface area contributed by atoms with Crippen molar-refractivity contribution in [3.8, 4) is 0 Å². The van der Waals surface area contributed by atoms with Gasteiger partial charge in [0.2, 0.25) is 11.6 Å². The molecule has 3 aromatic rings. The Labute approximate surface area is 156 Å². The van der Waals surface area contributed by atoms with Crippen LogP contribution >= 0.6 is 11.6 Å². The second kappa shape index (κ2) is 7.11. The number of nitrogens with one attached hydrogen (secondary N) is 1. The molecule has 0 fully saturated rings. The zero-order valence-electron chi connectivity index (χ0n) is 14.2. The molecule has 0 saturated heterocycles. The first kappa shape index (κ1) is 18.5. The summed E-state index contributed by atoms with van der Waals surface area (Å²) >= 11 is 5.97. The zero-order valence-corrected chi connectivity index (χ0v) is 14.9. The number of nitrogens with zero attached hydrogens (tertiary/aromatic N) is 6. The fraction of sp³-hybridized carbons (Fsp3) is 0.200. The number of rotatable bonds is 5. The van der Waals surface area contributed by atoms with E-state index in [1.165, 1.54) is 47.9 Å². The smallest absolute Gasteiger partial charge is 0.287 e. The molecule has 2 heterocycles. The summed E-state index contributed by atoms with van der Waals surface area (Å²) in [6, 6.07) is 3.96. The van der Waals surface area contributed by atoms with Gasteiger partial charge < -0.3 is 0 Å². The second-order valence-corrected chi connectivity index (χ2v) is 6.03. The maximum absolute atomic E-state index is 13.1. The SMILES string of the molecule is Cc1c([N+](=O)[O-])c(C(=O)Nc2ncn(Cc3ccc(F)cc3Cl)n2)nn1C. The lowest BCUT2D eigenvalue weighted by Gasteiger charge is -2.04. The predicted molar refractivity (Wildman–Crippen MR) is 93.1 cm³/mol. The van der Waals surface area contributed by atoms with E-state index in [2.05, 4.69) is 20.5 Å². The van der Waals surface area contributed by atoms with Gasteiger partial charge in [0, 0.05) is 12.1 Å². The van der Waals surface area contributed by atoms with Crippen LogP contribution in [0.25, 0.3) is 0 Å². The standard InChI is InChI=1S/C15H13ClFN7O3/c1-8-13(24(26)27)12(20-22(8)2)14(25)19-15-18-7-23(21-15)6-9-3-4-10(17)5-11(9)16/h3-5,7H,6H2,1-2H3,(H,19,21,25). The zero-order chi connectivity index (χ0) is 19.7. The summed E-state index contributed by atoms with van der Waals surface area (Å²) in [6.45, 7) is 1.69. The van der Waals surface area contributed by atoms with E-state index in [1.807, 2.05) is 0 Å². The van der Waals surface area contributed by atoms with Gasteiger partial charge in [0.1, 0.15) is 17.8 Å². The van der Waals surface area contributed by atoms with Crippen molar-refractivity contribution >= 4 is 29.1 Å². The lowest BCUT2D eigenvalue weighted by atomic mass is 10.2. The number of aromatic nitrogens is 5. The first-order chi connectivity index (χ1) is 12.8. The van der Waals surface area contributed by atoms with Gasteiger partial charge in [0.15, 0.2) is 0 Å². The van der Waals surface area contributed by atoms with Crippen LogP contribution in [0.2, 0.25) is 5.02 Å². The van der Waals surface area contributed by atoms with Gasteiger partial charge in [-0.3, -0.25) is 24.9 Å². The Hall–Kier alpha value is -3.34. The molecular weight excluding hydrogens is 381 g/mol. The monoisotopic (exact) mass is 393 g/mol. The number of amides is 1. The fourth-order valence-corrected chi connectivity index (χ4v) is 2.61. The van der Waals surface area contributed by atoms with Crippen molar-refractivity contribution in [2.75, 3.05) is 5.32 Å². The summed E-state index contributed by atoms with van der Waals surface area (Å²) < 4.78 is 15.7. The number of carbonyl (C=O) groups is 1. The minimum atomic E-state index is -0.803. The Bertz CT molecular complexity index is 1050. The molecule has 140 valence electrons. The molecule has 12 heteroatoms. The molecule has 10 nitrogen and oxygen atoms in total. The normalized spacial score (nSPS) is 10.8. The van der Waals surface area contributed by atoms with E-state index in [4.69, 9.17) is 11.6 Å². The molecule has 0 aliphatic carbocycles. The molecule has 1 amide bonds. The molecule has 1 N–H and O–H groups in total. The molecular formula is C15H13ClFN7O3. The number of carbonyl (C=O) groups excluding carboxylic acids is 1. The molecule has 0 saturated carbocycles. The van der Waals surface area contributed by atoms with Crippen LogP contribution in [0, 0.1) is 22.9 Å². The van der Waals surface area contributed by atoms with Crippen LogP contribution in [0.5, 0.6) is 0 Å². The Morgan fingerprint density at radius 3 is 2.81 bits per heavy atom. The van der Waals surface area contributed by atoms with Crippen LogP contribution in [-0.2, 0) is 13.6 Å². The van der Waals surface area contributed by atoms with Gasteiger partial charge in [-0.15, -0.1) is 5.10 Å². The second-order valence-electron chi connectivity index (χ2n) is 5.62. The van der Waals surface area contributed by atoms with Crippen LogP contribution in [0.15, 0.2) is 24.5 Å². The van der Waals surface area contributed by atoms with Crippen molar-refractivity contribution in [2.45, 2.75) is 13.5 Å². The van der Waals surface area contributed by atoms with E-state index in [0.717, 1.165) is 0 Å². The van der Waals surface area contributed by atoms with Gasteiger partial charge in [-0.2, -0.15) is 5.10 Å². The maximum atomic E-state index is 13.1. The van der Waals surface area contributed by atoms with Crippen molar-refractivity contribution in [1.29, 1.82) is 0 Å².